The van der Waals surface area contributed by atoms with Crippen molar-refractivity contribution in [3.63, 3.8) is 0 Å². The summed E-state index contributed by atoms with van der Waals surface area (Å²) in [5, 5.41) is 0. The van der Waals surface area contributed by atoms with Gasteiger partial charge in [0.05, 0.1) is 13.0 Å². The topological polar surface area (TPSA) is 52.3 Å². The van der Waals surface area contributed by atoms with Crippen molar-refractivity contribution < 1.29 is 13.9 Å². The highest BCUT2D eigenvalue weighted by Crippen LogP contribution is 2.32. The van der Waals surface area contributed by atoms with E-state index in [1.54, 1.807) is 6.92 Å². The Kier molecular flexibility index (Phi) is 5.06. The van der Waals surface area contributed by atoms with Crippen LogP contribution in [0, 0.1) is 0 Å². The Morgan fingerprint density at radius 2 is 1.62 bits per heavy atom. The van der Waals surface area contributed by atoms with Crippen LogP contribution in [0.5, 0.6) is 0 Å². The third kappa shape index (κ3) is 3.71. The second-order valence-electron chi connectivity index (χ2n) is 5.32. The first-order valence-electron chi connectivity index (χ1n) is 8.04. The second-order valence-corrected chi connectivity index (χ2v) is 5.32. The molecule has 0 aliphatic heterocycles. The summed E-state index contributed by atoms with van der Waals surface area (Å²) in [6.45, 7) is 2.18. The van der Waals surface area contributed by atoms with Gasteiger partial charge in [0.1, 0.15) is 5.69 Å². The van der Waals surface area contributed by atoms with Gasteiger partial charge in [-0.3, -0.25) is 4.79 Å². The van der Waals surface area contributed by atoms with Gasteiger partial charge < -0.3 is 9.15 Å². The van der Waals surface area contributed by atoms with Gasteiger partial charge in [-0.1, -0.05) is 60.7 Å². The lowest BCUT2D eigenvalue weighted by Gasteiger charge is -2.00. The number of esters is 1. The number of oxazole rings is 1. The first-order valence-corrected chi connectivity index (χ1v) is 8.04. The Hall–Kier alpha value is -2.88. The monoisotopic (exact) mass is 321 g/mol. The van der Waals surface area contributed by atoms with Crippen LogP contribution in [0.1, 0.15) is 19.2 Å². The van der Waals surface area contributed by atoms with Crippen LogP contribution < -0.4 is 0 Å². The van der Waals surface area contributed by atoms with Crippen molar-refractivity contribution in [3.05, 3.63) is 66.6 Å². The van der Waals surface area contributed by atoms with E-state index in [9.17, 15) is 4.79 Å². The number of aryl methyl sites for hydroxylation is 1. The molecule has 0 aliphatic carbocycles. The standard InChI is InChI=1S/C20H19NO3/c1-2-23-18(22)14-13-17-21-19(15-9-5-3-6-10-15)20(24-17)16-11-7-4-8-12-16/h3-12H,2,13-14H2,1H3. The molecule has 0 bridgehead atoms. The molecule has 3 rings (SSSR count). The quantitative estimate of drug-likeness (QED) is 0.627. The summed E-state index contributed by atoms with van der Waals surface area (Å²) < 4.78 is 10.9. The summed E-state index contributed by atoms with van der Waals surface area (Å²) in [5.74, 6) is 1.03. The lowest BCUT2D eigenvalue weighted by Crippen LogP contribution is -2.05. The van der Waals surface area contributed by atoms with Crippen molar-refractivity contribution in [2.75, 3.05) is 6.61 Å². The Labute approximate surface area is 141 Å². The van der Waals surface area contributed by atoms with Crippen molar-refractivity contribution in [3.8, 4) is 22.6 Å². The molecule has 0 atom stereocenters. The van der Waals surface area contributed by atoms with E-state index < -0.39 is 0 Å². The molecule has 0 unspecified atom stereocenters. The minimum absolute atomic E-state index is 0.238. The zero-order valence-corrected chi connectivity index (χ0v) is 13.6. The molecular weight excluding hydrogens is 302 g/mol. The summed E-state index contributed by atoms with van der Waals surface area (Å²) in [6.07, 6.45) is 0.683. The lowest BCUT2D eigenvalue weighted by molar-refractivity contribution is -0.143. The summed E-state index contributed by atoms with van der Waals surface area (Å²) in [6, 6.07) is 19.8. The normalized spacial score (nSPS) is 10.5. The van der Waals surface area contributed by atoms with Crippen LogP contribution in [0.3, 0.4) is 0 Å². The van der Waals surface area contributed by atoms with Crippen molar-refractivity contribution in [1.29, 1.82) is 0 Å². The van der Waals surface area contributed by atoms with Gasteiger partial charge in [0.25, 0.3) is 0 Å². The van der Waals surface area contributed by atoms with Crippen molar-refractivity contribution in [1.82, 2.24) is 4.98 Å². The average molecular weight is 321 g/mol. The van der Waals surface area contributed by atoms with Gasteiger partial charge in [-0.2, -0.15) is 0 Å². The predicted molar refractivity (Wildman–Crippen MR) is 92.3 cm³/mol. The number of ether oxygens (including phenoxy) is 1. The van der Waals surface area contributed by atoms with E-state index >= 15 is 0 Å². The molecule has 0 aliphatic rings. The highest BCUT2D eigenvalue weighted by molar-refractivity contribution is 5.77. The molecule has 0 saturated carbocycles. The molecule has 1 aromatic heterocycles. The molecule has 1 heterocycles. The highest BCUT2D eigenvalue weighted by Gasteiger charge is 2.17. The molecule has 2 aromatic carbocycles. The molecular formula is C20H19NO3. The van der Waals surface area contributed by atoms with Gasteiger partial charge >= 0.3 is 5.97 Å². The molecule has 0 saturated heterocycles. The van der Waals surface area contributed by atoms with Gasteiger partial charge in [-0.05, 0) is 6.92 Å². The van der Waals surface area contributed by atoms with Gasteiger partial charge in [0, 0.05) is 17.5 Å². The summed E-state index contributed by atoms with van der Waals surface area (Å²) >= 11 is 0. The molecule has 0 N–H and O–H groups in total. The Balaban J connectivity index is 1.93. The van der Waals surface area contributed by atoms with Crippen LogP contribution in [0.2, 0.25) is 0 Å². The van der Waals surface area contributed by atoms with Gasteiger partial charge in [-0.15, -0.1) is 0 Å². The van der Waals surface area contributed by atoms with Crippen LogP contribution in [0.4, 0.5) is 0 Å². The summed E-state index contributed by atoms with van der Waals surface area (Å²) in [5.41, 5.74) is 2.74. The first kappa shape index (κ1) is 16.0. The van der Waals surface area contributed by atoms with E-state index in [-0.39, 0.29) is 12.4 Å². The minimum atomic E-state index is -0.238. The van der Waals surface area contributed by atoms with Gasteiger partial charge in [-0.25, -0.2) is 4.98 Å². The van der Waals surface area contributed by atoms with E-state index in [0.29, 0.717) is 18.9 Å². The van der Waals surface area contributed by atoms with Crippen LogP contribution in [-0.2, 0) is 16.0 Å². The number of hydrogen-bond acceptors (Lipinski definition) is 4. The SMILES string of the molecule is CCOC(=O)CCc1nc(-c2ccccc2)c(-c2ccccc2)o1. The molecule has 24 heavy (non-hydrogen) atoms. The number of benzene rings is 2. The smallest absolute Gasteiger partial charge is 0.306 e. The number of nitrogens with zero attached hydrogens (tertiary/aromatic N) is 1. The Bertz CT molecular complexity index is 737. The molecule has 122 valence electrons. The number of aromatic nitrogens is 1. The molecule has 4 heteroatoms. The zero-order valence-electron chi connectivity index (χ0n) is 13.6. The third-order valence-corrected chi connectivity index (χ3v) is 3.60. The largest absolute Gasteiger partial charge is 0.466 e. The molecule has 0 radical (unpaired) electrons. The maximum Gasteiger partial charge on any atom is 0.306 e. The summed E-state index contributed by atoms with van der Waals surface area (Å²) in [4.78, 5) is 16.2. The minimum Gasteiger partial charge on any atom is -0.466 e. The number of hydrogen-bond donors (Lipinski definition) is 0. The molecule has 0 fully saturated rings. The van der Waals surface area contributed by atoms with Crippen LogP contribution in [0.15, 0.2) is 65.1 Å². The maximum atomic E-state index is 11.6. The van der Waals surface area contributed by atoms with Crippen LogP contribution in [-0.4, -0.2) is 17.6 Å². The highest BCUT2D eigenvalue weighted by atomic mass is 16.5. The third-order valence-electron chi connectivity index (χ3n) is 3.60. The van der Waals surface area contributed by atoms with E-state index in [2.05, 4.69) is 4.98 Å². The lowest BCUT2D eigenvalue weighted by atomic mass is 10.1. The van der Waals surface area contributed by atoms with Crippen LogP contribution >= 0.6 is 0 Å². The molecule has 0 spiro atoms. The average Bonchev–Trinajstić information content (AvgIpc) is 3.06. The Morgan fingerprint density at radius 1 is 1.00 bits per heavy atom. The second kappa shape index (κ2) is 7.59. The molecule has 0 amide bonds. The summed E-state index contributed by atoms with van der Waals surface area (Å²) in [7, 11) is 0. The molecule has 4 nitrogen and oxygen atoms in total. The fourth-order valence-electron chi connectivity index (χ4n) is 2.49. The number of rotatable bonds is 6. The van der Waals surface area contributed by atoms with Crippen molar-refractivity contribution in [2.24, 2.45) is 0 Å². The van der Waals surface area contributed by atoms with Crippen molar-refractivity contribution >= 4 is 5.97 Å². The number of carbonyl (C=O) groups excluding carboxylic acids is 1. The van der Waals surface area contributed by atoms with E-state index in [1.165, 1.54) is 0 Å². The van der Waals surface area contributed by atoms with E-state index in [4.69, 9.17) is 9.15 Å². The van der Waals surface area contributed by atoms with Gasteiger partial charge in [0.15, 0.2) is 11.7 Å². The van der Waals surface area contributed by atoms with Gasteiger partial charge in [0.2, 0.25) is 0 Å². The fraction of sp³-hybridized carbons (Fsp3) is 0.200. The van der Waals surface area contributed by atoms with E-state index in [0.717, 1.165) is 22.6 Å². The predicted octanol–water partition coefficient (Wildman–Crippen LogP) is 4.50. The molecule has 3 aromatic rings. The fourth-order valence-corrected chi connectivity index (χ4v) is 2.49. The van der Waals surface area contributed by atoms with Crippen molar-refractivity contribution in [2.45, 2.75) is 19.8 Å². The first-order chi connectivity index (χ1) is 11.8. The zero-order chi connectivity index (χ0) is 16.8. The number of carbonyl (C=O) groups is 1. The van der Waals surface area contributed by atoms with E-state index in [1.807, 2.05) is 60.7 Å². The van der Waals surface area contributed by atoms with Crippen LogP contribution in [0.25, 0.3) is 22.6 Å². The maximum absolute atomic E-state index is 11.6. The Morgan fingerprint density at radius 3 is 2.25 bits per heavy atom.